The second-order valence-corrected chi connectivity index (χ2v) is 1.93. The average Bonchev–Trinajstić information content (AvgIpc) is 1.85. The molecule has 58 valence electrons. The van der Waals surface area contributed by atoms with Crippen LogP contribution in [-0.4, -0.2) is 11.7 Å². The maximum Gasteiger partial charge on any atom is 0.104 e. The monoisotopic (exact) mass is 179 g/mol. The molecule has 0 aromatic rings. The average molecular weight is 180 g/mol. The van der Waals surface area contributed by atoms with Crippen LogP contribution in [0.25, 0.3) is 0 Å². The zero-order valence-corrected chi connectivity index (χ0v) is 7.29. The molecule has 0 bridgehead atoms. The van der Waals surface area contributed by atoms with Gasteiger partial charge < -0.3 is 0 Å². The summed E-state index contributed by atoms with van der Waals surface area (Å²) in [5, 5.41) is 0.588. The van der Waals surface area contributed by atoms with Crippen LogP contribution in [0, 0.1) is 0 Å². The number of allylic oxidation sites excluding steroid dienone is 1. The Kier molecular flexibility index (Phi) is 10.8. The third-order valence-corrected chi connectivity index (χ3v) is 0.979. The lowest BCUT2D eigenvalue weighted by Crippen LogP contribution is -1.84. The molecule has 0 unspecified atom stereocenters. The smallest absolute Gasteiger partial charge is 0.104 e. The van der Waals surface area contributed by atoms with Crippen molar-refractivity contribution in [2.45, 2.75) is 6.42 Å². The summed E-state index contributed by atoms with van der Waals surface area (Å²) in [5.41, 5.74) is 0. The van der Waals surface area contributed by atoms with Gasteiger partial charge in [-0.3, -0.25) is 4.99 Å². The standard InChI is InChI=1S/C7H10ClN.ClH/c1-3-5-7(8)9-6-4-2;/h3-4H,1-2,5-6H2;1H. The first-order valence-corrected chi connectivity index (χ1v) is 3.09. The number of nitrogens with zero attached hydrogens (tertiary/aromatic N) is 1. The van der Waals surface area contributed by atoms with E-state index in [1.807, 2.05) is 0 Å². The molecule has 0 spiro atoms. The molecule has 0 aliphatic rings. The lowest BCUT2D eigenvalue weighted by molar-refractivity contribution is 1.24. The Morgan fingerprint density at radius 1 is 1.40 bits per heavy atom. The van der Waals surface area contributed by atoms with Gasteiger partial charge >= 0.3 is 0 Å². The molecule has 0 rings (SSSR count). The van der Waals surface area contributed by atoms with E-state index >= 15 is 0 Å². The Hall–Kier alpha value is -0.270. The molecule has 0 aromatic carbocycles. The van der Waals surface area contributed by atoms with Gasteiger partial charge in [0.15, 0.2) is 0 Å². The molecule has 0 aliphatic carbocycles. The minimum absolute atomic E-state index is 0. The third kappa shape index (κ3) is 7.73. The molecule has 0 radical (unpaired) electrons. The molecule has 0 saturated carbocycles. The summed E-state index contributed by atoms with van der Waals surface area (Å²) in [5.74, 6) is 0. The normalized spacial score (nSPS) is 9.90. The molecule has 0 fully saturated rings. The van der Waals surface area contributed by atoms with Crippen molar-refractivity contribution in [1.82, 2.24) is 0 Å². The fourth-order valence-corrected chi connectivity index (χ4v) is 0.525. The van der Waals surface area contributed by atoms with Crippen molar-refractivity contribution in [2.75, 3.05) is 6.54 Å². The van der Waals surface area contributed by atoms with E-state index in [4.69, 9.17) is 11.6 Å². The van der Waals surface area contributed by atoms with E-state index in [-0.39, 0.29) is 12.4 Å². The second kappa shape index (κ2) is 8.73. The van der Waals surface area contributed by atoms with Gasteiger partial charge in [0.05, 0.1) is 6.54 Å². The van der Waals surface area contributed by atoms with Crippen LogP contribution in [0.1, 0.15) is 6.42 Å². The summed E-state index contributed by atoms with van der Waals surface area (Å²) in [7, 11) is 0. The van der Waals surface area contributed by atoms with Gasteiger partial charge in [0.25, 0.3) is 0 Å². The Morgan fingerprint density at radius 2 is 2.00 bits per heavy atom. The third-order valence-electron chi connectivity index (χ3n) is 0.705. The van der Waals surface area contributed by atoms with E-state index in [9.17, 15) is 0 Å². The van der Waals surface area contributed by atoms with Crippen LogP contribution in [0.5, 0.6) is 0 Å². The highest BCUT2D eigenvalue weighted by Crippen LogP contribution is 1.92. The van der Waals surface area contributed by atoms with Crippen molar-refractivity contribution >= 4 is 29.2 Å². The van der Waals surface area contributed by atoms with Crippen LogP contribution in [0.15, 0.2) is 30.3 Å². The van der Waals surface area contributed by atoms with Gasteiger partial charge in [0.1, 0.15) is 5.17 Å². The van der Waals surface area contributed by atoms with Gasteiger partial charge in [-0.2, -0.15) is 0 Å². The van der Waals surface area contributed by atoms with Gasteiger partial charge in [0.2, 0.25) is 0 Å². The summed E-state index contributed by atoms with van der Waals surface area (Å²) < 4.78 is 0. The Balaban J connectivity index is 0. The van der Waals surface area contributed by atoms with Crippen LogP contribution in [0.4, 0.5) is 0 Å². The summed E-state index contributed by atoms with van der Waals surface area (Å²) >= 11 is 5.59. The summed E-state index contributed by atoms with van der Waals surface area (Å²) in [6.07, 6.45) is 4.07. The van der Waals surface area contributed by atoms with Gasteiger partial charge in [-0.1, -0.05) is 23.8 Å². The van der Waals surface area contributed by atoms with Crippen molar-refractivity contribution in [3.05, 3.63) is 25.3 Å². The molecule has 0 atom stereocenters. The van der Waals surface area contributed by atoms with E-state index in [1.165, 1.54) is 0 Å². The fraction of sp³-hybridized carbons (Fsp3) is 0.286. The fourth-order valence-electron chi connectivity index (χ4n) is 0.347. The van der Waals surface area contributed by atoms with Crippen LogP contribution in [0.3, 0.4) is 0 Å². The molecule has 1 nitrogen and oxygen atoms in total. The molecule has 0 saturated heterocycles. The van der Waals surface area contributed by atoms with E-state index < -0.39 is 0 Å². The number of hydrogen-bond acceptors (Lipinski definition) is 1. The highest BCUT2D eigenvalue weighted by atomic mass is 35.5. The summed E-state index contributed by atoms with van der Waals surface area (Å²) in [6, 6.07) is 0. The first-order chi connectivity index (χ1) is 4.31. The van der Waals surface area contributed by atoms with E-state index in [2.05, 4.69) is 18.2 Å². The minimum Gasteiger partial charge on any atom is -0.273 e. The molecule has 0 aliphatic heterocycles. The van der Waals surface area contributed by atoms with Crippen molar-refractivity contribution in [3.63, 3.8) is 0 Å². The van der Waals surface area contributed by atoms with Gasteiger partial charge in [-0.15, -0.1) is 25.6 Å². The predicted octanol–water partition coefficient (Wildman–Crippen LogP) is 2.81. The van der Waals surface area contributed by atoms with Crippen LogP contribution >= 0.6 is 24.0 Å². The van der Waals surface area contributed by atoms with Crippen LogP contribution in [0.2, 0.25) is 0 Å². The number of rotatable bonds is 4. The van der Waals surface area contributed by atoms with Gasteiger partial charge in [-0.25, -0.2) is 0 Å². The SMILES string of the molecule is C=CCN=C(Cl)CC=C.Cl. The van der Waals surface area contributed by atoms with Crippen molar-refractivity contribution in [3.8, 4) is 0 Å². The van der Waals surface area contributed by atoms with Crippen molar-refractivity contribution < 1.29 is 0 Å². The van der Waals surface area contributed by atoms with E-state index in [0.29, 0.717) is 18.1 Å². The highest BCUT2D eigenvalue weighted by Gasteiger charge is 1.84. The molecular weight excluding hydrogens is 169 g/mol. The molecular formula is C7H11Cl2N. The van der Waals surface area contributed by atoms with Gasteiger partial charge in [0, 0.05) is 6.42 Å². The molecule has 0 aromatic heterocycles. The minimum atomic E-state index is 0. The van der Waals surface area contributed by atoms with Crippen molar-refractivity contribution in [1.29, 1.82) is 0 Å². The zero-order chi connectivity index (χ0) is 7.11. The summed E-state index contributed by atoms with van der Waals surface area (Å²) in [4.78, 5) is 3.93. The quantitative estimate of drug-likeness (QED) is 0.466. The number of hydrogen-bond donors (Lipinski definition) is 0. The maximum absolute atomic E-state index is 5.59. The second-order valence-electron chi connectivity index (χ2n) is 1.50. The maximum atomic E-state index is 5.59. The summed E-state index contributed by atoms with van der Waals surface area (Å²) in [6.45, 7) is 7.61. The Labute approximate surface area is 72.9 Å². The topological polar surface area (TPSA) is 12.4 Å². The van der Waals surface area contributed by atoms with E-state index in [0.717, 1.165) is 0 Å². The van der Waals surface area contributed by atoms with Crippen LogP contribution < -0.4 is 0 Å². The van der Waals surface area contributed by atoms with E-state index in [1.54, 1.807) is 12.2 Å². The Morgan fingerprint density at radius 3 is 2.40 bits per heavy atom. The van der Waals surface area contributed by atoms with Gasteiger partial charge in [-0.05, 0) is 0 Å². The highest BCUT2D eigenvalue weighted by molar-refractivity contribution is 6.65. The predicted molar refractivity (Wildman–Crippen MR) is 50.4 cm³/mol. The lowest BCUT2D eigenvalue weighted by Gasteiger charge is -1.87. The van der Waals surface area contributed by atoms with Crippen molar-refractivity contribution in [2.24, 2.45) is 4.99 Å². The number of aliphatic imine (C=N–C) groups is 1. The molecule has 10 heavy (non-hydrogen) atoms. The largest absolute Gasteiger partial charge is 0.273 e. The Bertz CT molecular complexity index is 130. The van der Waals surface area contributed by atoms with Crippen LogP contribution in [-0.2, 0) is 0 Å². The first kappa shape index (κ1) is 12.4. The molecule has 0 heterocycles. The lowest BCUT2D eigenvalue weighted by atomic mass is 10.4. The molecule has 0 N–H and O–H groups in total. The first-order valence-electron chi connectivity index (χ1n) is 2.72. The molecule has 3 heteroatoms. The molecule has 0 amide bonds. The zero-order valence-electron chi connectivity index (χ0n) is 5.72. The number of halogens is 2.